The molecule has 5 nitrogen and oxygen atoms in total. The van der Waals surface area contributed by atoms with Crippen LogP contribution in [0.2, 0.25) is 0 Å². The summed E-state index contributed by atoms with van der Waals surface area (Å²) in [5.74, 6) is 1.24. The molecule has 2 fully saturated rings. The monoisotopic (exact) mass is 359 g/mol. The summed E-state index contributed by atoms with van der Waals surface area (Å²) in [6, 6.07) is 8.77. The van der Waals surface area contributed by atoms with Gasteiger partial charge < -0.3 is 14.5 Å². The van der Waals surface area contributed by atoms with E-state index in [1.165, 1.54) is 12.0 Å². The second-order valence-corrected chi connectivity index (χ2v) is 7.65. The minimum atomic E-state index is 0.323. The van der Waals surface area contributed by atoms with Crippen molar-refractivity contribution in [3.8, 4) is 5.75 Å². The third-order valence-corrected chi connectivity index (χ3v) is 5.82. The molecular formula is C21H33N3O2. The zero-order valence-corrected chi connectivity index (χ0v) is 16.3. The van der Waals surface area contributed by atoms with E-state index < -0.39 is 0 Å². The van der Waals surface area contributed by atoms with E-state index in [2.05, 4.69) is 33.8 Å². The zero-order valence-electron chi connectivity index (χ0n) is 16.3. The van der Waals surface area contributed by atoms with Gasteiger partial charge >= 0.3 is 0 Å². The Labute approximate surface area is 157 Å². The van der Waals surface area contributed by atoms with Crippen molar-refractivity contribution in [2.45, 2.75) is 38.6 Å². The highest BCUT2D eigenvalue weighted by molar-refractivity contribution is 5.78. The fourth-order valence-corrected chi connectivity index (χ4v) is 4.00. The van der Waals surface area contributed by atoms with Crippen molar-refractivity contribution in [2.75, 3.05) is 52.9 Å². The van der Waals surface area contributed by atoms with Crippen LogP contribution in [0.15, 0.2) is 24.3 Å². The summed E-state index contributed by atoms with van der Waals surface area (Å²) in [6.45, 7) is 8.91. The number of hydrogen-bond acceptors (Lipinski definition) is 4. The predicted octanol–water partition coefficient (Wildman–Crippen LogP) is 2.26. The standard InChI is InChI=1S/C21H33N3O2/c1-18-5-3-4-11-24(18)21(25)17-23-15-13-22(14-16-23)12-10-19-6-8-20(26-2)9-7-19/h6-9,18H,3-5,10-17H2,1-2H3. The Hall–Kier alpha value is -1.59. The first-order valence-electron chi connectivity index (χ1n) is 10.0. The van der Waals surface area contributed by atoms with E-state index in [4.69, 9.17) is 4.74 Å². The Balaban J connectivity index is 1.37. The van der Waals surface area contributed by atoms with Crippen molar-refractivity contribution < 1.29 is 9.53 Å². The highest BCUT2D eigenvalue weighted by Crippen LogP contribution is 2.17. The summed E-state index contributed by atoms with van der Waals surface area (Å²) in [6.07, 6.45) is 4.64. The molecule has 0 saturated carbocycles. The van der Waals surface area contributed by atoms with Crippen LogP contribution in [0.5, 0.6) is 5.75 Å². The van der Waals surface area contributed by atoms with Crippen molar-refractivity contribution >= 4 is 5.91 Å². The number of carbonyl (C=O) groups is 1. The van der Waals surface area contributed by atoms with Crippen molar-refractivity contribution in [1.29, 1.82) is 0 Å². The molecule has 1 atom stereocenters. The fourth-order valence-electron chi connectivity index (χ4n) is 4.00. The zero-order chi connectivity index (χ0) is 18.4. The maximum Gasteiger partial charge on any atom is 0.236 e. The van der Waals surface area contributed by atoms with Crippen molar-refractivity contribution in [1.82, 2.24) is 14.7 Å². The molecule has 0 spiro atoms. The first-order chi connectivity index (χ1) is 12.7. The number of hydrogen-bond donors (Lipinski definition) is 0. The summed E-state index contributed by atoms with van der Waals surface area (Å²) in [7, 11) is 1.70. The lowest BCUT2D eigenvalue weighted by molar-refractivity contribution is -0.136. The summed E-state index contributed by atoms with van der Waals surface area (Å²) >= 11 is 0. The summed E-state index contributed by atoms with van der Waals surface area (Å²) in [5, 5.41) is 0. The predicted molar refractivity (Wildman–Crippen MR) is 105 cm³/mol. The Kier molecular flexibility index (Phi) is 6.92. The van der Waals surface area contributed by atoms with E-state index in [9.17, 15) is 4.79 Å². The third kappa shape index (κ3) is 5.21. The number of rotatable bonds is 6. The van der Waals surface area contributed by atoms with Gasteiger partial charge in [-0.25, -0.2) is 0 Å². The topological polar surface area (TPSA) is 36.0 Å². The van der Waals surface area contributed by atoms with E-state index in [1.807, 2.05) is 12.1 Å². The van der Waals surface area contributed by atoms with Gasteiger partial charge in [-0.15, -0.1) is 0 Å². The molecule has 5 heteroatoms. The molecule has 2 heterocycles. The molecule has 0 aromatic heterocycles. The van der Waals surface area contributed by atoms with Crippen molar-refractivity contribution in [3.05, 3.63) is 29.8 Å². The minimum Gasteiger partial charge on any atom is -0.497 e. The molecular weight excluding hydrogens is 326 g/mol. The number of nitrogens with zero attached hydrogens (tertiary/aromatic N) is 3. The van der Waals surface area contributed by atoms with Crippen LogP contribution in [-0.4, -0.2) is 79.6 Å². The first kappa shape index (κ1) is 19.2. The van der Waals surface area contributed by atoms with E-state index in [0.717, 1.165) is 64.3 Å². The number of amides is 1. The van der Waals surface area contributed by atoms with Crippen molar-refractivity contribution in [3.63, 3.8) is 0 Å². The third-order valence-electron chi connectivity index (χ3n) is 5.82. The number of ether oxygens (including phenoxy) is 1. The number of likely N-dealkylation sites (tertiary alicyclic amines) is 1. The highest BCUT2D eigenvalue weighted by atomic mass is 16.5. The largest absolute Gasteiger partial charge is 0.497 e. The lowest BCUT2D eigenvalue weighted by atomic mass is 10.0. The van der Waals surface area contributed by atoms with Gasteiger partial charge in [0.25, 0.3) is 0 Å². The quantitative estimate of drug-likeness (QED) is 0.781. The minimum absolute atomic E-state index is 0.323. The van der Waals surface area contributed by atoms with Crippen molar-refractivity contribution in [2.24, 2.45) is 0 Å². The van der Waals surface area contributed by atoms with Gasteiger partial charge in [0.05, 0.1) is 13.7 Å². The molecule has 3 rings (SSSR count). The molecule has 26 heavy (non-hydrogen) atoms. The van der Waals surface area contributed by atoms with Gasteiger partial charge in [0.2, 0.25) is 5.91 Å². The van der Waals surface area contributed by atoms with Crippen LogP contribution < -0.4 is 4.74 Å². The van der Waals surface area contributed by atoms with E-state index in [0.29, 0.717) is 18.5 Å². The van der Waals surface area contributed by atoms with Crippen LogP contribution in [-0.2, 0) is 11.2 Å². The molecule has 0 N–H and O–H groups in total. The molecule has 1 amide bonds. The van der Waals surface area contributed by atoms with Gasteiger partial charge in [0, 0.05) is 45.3 Å². The normalized spacial score (nSPS) is 22.4. The molecule has 1 aromatic carbocycles. The van der Waals surface area contributed by atoms with Gasteiger partial charge in [0.15, 0.2) is 0 Å². The molecule has 2 aliphatic heterocycles. The number of piperazine rings is 1. The smallest absolute Gasteiger partial charge is 0.236 e. The summed E-state index contributed by atoms with van der Waals surface area (Å²) < 4.78 is 5.21. The lowest BCUT2D eigenvalue weighted by Crippen LogP contribution is -2.52. The maximum atomic E-state index is 12.6. The van der Waals surface area contributed by atoms with Gasteiger partial charge in [-0.2, -0.15) is 0 Å². The van der Waals surface area contributed by atoms with Gasteiger partial charge in [-0.3, -0.25) is 9.69 Å². The molecule has 2 saturated heterocycles. The second kappa shape index (κ2) is 9.38. The lowest BCUT2D eigenvalue weighted by Gasteiger charge is -2.38. The van der Waals surface area contributed by atoms with Crippen LogP contribution in [0.1, 0.15) is 31.7 Å². The molecule has 0 radical (unpaired) electrons. The Morgan fingerprint density at radius 1 is 1.04 bits per heavy atom. The fraction of sp³-hybridized carbons (Fsp3) is 0.667. The molecule has 1 aromatic rings. The van der Waals surface area contributed by atoms with Crippen LogP contribution in [0.3, 0.4) is 0 Å². The number of methoxy groups -OCH3 is 1. The molecule has 0 bridgehead atoms. The maximum absolute atomic E-state index is 12.6. The van der Waals surface area contributed by atoms with Crippen LogP contribution in [0.25, 0.3) is 0 Å². The number of carbonyl (C=O) groups excluding carboxylic acids is 1. The summed E-state index contributed by atoms with van der Waals surface area (Å²) in [4.78, 5) is 19.5. The average molecular weight is 360 g/mol. The Morgan fingerprint density at radius 3 is 2.38 bits per heavy atom. The molecule has 144 valence electrons. The highest BCUT2D eigenvalue weighted by Gasteiger charge is 2.26. The van der Waals surface area contributed by atoms with Crippen LogP contribution >= 0.6 is 0 Å². The Bertz CT molecular complexity index is 567. The van der Waals surface area contributed by atoms with E-state index >= 15 is 0 Å². The van der Waals surface area contributed by atoms with E-state index in [-0.39, 0.29) is 0 Å². The van der Waals surface area contributed by atoms with Crippen LogP contribution in [0, 0.1) is 0 Å². The number of piperidine rings is 1. The molecule has 0 aliphatic carbocycles. The molecule has 1 unspecified atom stereocenters. The van der Waals surface area contributed by atoms with Gasteiger partial charge in [-0.05, 0) is 50.3 Å². The first-order valence-corrected chi connectivity index (χ1v) is 10.0. The van der Waals surface area contributed by atoms with Crippen LogP contribution in [0.4, 0.5) is 0 Å². The number of benzene rings is 1. The van der Waals surface area contributed by atoms with Gasteiger partial charge in [0.1, 0.15) is 5.75 Å². The van der Waals surface area contributed by atoms with Gasteiger partial charge in [-0.1, -0.05) is 12.1 Å². The van der Waals surface area contributed by atoms with E-state index in [1.54, 1.807) is 7.11 Å². The average Bonchev–Trinajstić information content (AvgIpc) is 2.68. The second-order valence-electron chi connectivity index (χ2n) is 7.65. The summed E-state index contributed by atoms with van der Waals surface area (Å²) in [5.41, 5.74) is 1.35. The molecule has 2 aliphatic rings. The SMILES string of the molecule is COc1ccc(CCN2CCN(CC(=O)N3CCCCC3C)CC2)cc1. The Morgan fingerprint density at radius 2 is 1.73 bits per heavy atom.